The molecular formula is C25H33N7O3S. The van der Waals surface area contributed by atoms with Crippen LogP contribution >= 0.6 is 0 Å². The predicted octanol–water partition coefficient (Wildman–Crippen LogP) is 2.99. The van der Waals surface area contributed by atoms with Crippen molar-refractivity contribution in [3.8, 4) is 11.4 Å². The highest BCUT2D eigenvalue weighted by molar-refractivity contribution is 7.89. The number of aromatic nitrogens is 4. The van der Waals surface area contributed by atoms with E-state index in [0.717, 1.165) is 62.0 Å². The van der Waals surface area contributed by atoms with E-state index in [2.05, 4.69) is 24.8 Å². The number of ether oxygens (including phenoxy) is 1. The Morgan fingerprint density at radius 2 is 1.78 bits per heavy atom. The van der Waals surface area contributed by atoms with E-state index in [1.807, 2.05) is 39.2 Å². The number of hydrogen-bond acceptors (Lipinski definition) is 8. The van der Waals surface area contributed by atoms with E-state index < -0.39 is 10.0 Å². The Balaban J connectivity index is 1.36. The number of piperazine rings is 1. The summed E-state index contributed by atoms with van der Waals surface area (Å²) in [6.45, 7) is 7.81. The van der Waals surface area contributed by atoms with Crippen molar-refractivity contribution in [1.29, 1.82) is 0 Å². The standard InChI is InChI=1S/C25H33N7O3S/c1-18-16-20(4-5-24(18)36(33,34)31-12-10-30(3)11-13-31)28-25-26-9-6-22(29-25)23-17-27-19(2)32(23)21-7-14-35-15-8-21/h4-6,9,16-17,21H,7-8,10-15H2,1-3H3,(H,26,28,29). The number of nitrogens with one attached hydrogen (secondary N) is 1. The first-order valence-electron chi connectivity index (χ1n) is 12.3. The van der Waals surface area contributed by atoms with Gasteiger partial charge in [-0.3, -0.25) is 0 Å². The second-order valence-electron chi connectivity index (χ2n) is 9.48. The summed E-state index contributed by atoms with van der Waals surface area (Å²) in [6.07, 6.45) is 5.48. The van der Waals surface area contributed by atoms with Crippen LogP contribution in [0.15, 0.2) is 41.6 Å². The van der Waals surface area contributed by atoms with Crippen LogP contribution in [-0.4, -0.2) is 83.6 Å². The van der Waals surface area contributed by atoms with Crippen molar-refractivity contribution in [2.24, 2.45) is 0 Å². The van der Waals surface area contributed by atoms with Gasteiger partial charge in [0.1, 0.15) is 5.82 Å². The smallest absolute Gasteiger partial charge is 0.243 e. The van der Waals surface area contributed by atoms with Gasteiger partial charge in [-0.15, -0.1) is 0 Å². The molecule has 5 rings (SSSR count). The van der Waals surface area contributed by atoms with Crippen LogP contribution in [0.4, 0.5) is 11.6 Å². The minimum Gasteiger partial charge on any atom is -0.381 e. The highest BCUT2D eigenvalue weighted by Crippen LogP contribution is 2.30. The number of nitrogens with zero attached hydrogens (tertiary/aromatic N) is 6. The van der Waals surface area contributed by atoms with Gasteiger partial charge < -0.3 is 19.5 Å². The summed E-state index contributed by atoms with van der Waals surface area (Å²) in [4.78, 5) is 16.2. The largest absolute Gasteiger partial charge is 0.381 e. The lowest BCUT2D eigenvalue weighted by Gasteiger charge is -2.31. The molecule has 0 saturated carbocycles. The molecule has 2 saturated heterocycles. The normalized spacial score (nSPS) is 18.4. The Bertz CT molecular complexity index is 1330. The fourth-order valence-corrected chi connectivity index (χ4v) is 6.55. The van der Waals surface area contributed by atoms with Crippen LogP contribution < -0.4 is 5.32 Å². The van der Waals surface area contributed by atoms with Gasteiger partial charge in [0.05, 0.1) is 22.5 Å². The summed E-state index contributed by atoms with van der Waals surface area (Å²) < 4.78 is 35.7. The molecule has 0 amide bonds. The van der Waals surface area contributed by atoms with Gasteiger partial charge in [-0.05, 0) is 63.6 Å². The van der Waals surface area contributed by atoms with Crippen molar-refractivity contribution >= 4 is 21.7 Å². The Kier molecular flexibility index (Phi) is 7.07. The molecule has 4 heterocycles. The lowest BCUT2D eigenvalue weighted by molar-refractivity contribution is 0.0694. The molecule has 1 N–H and O–H groups in total. The minimum absolute atomic E-state index is 0.333. The van der Waals surface area contributed by atoms with Crippen molar-refractivity contribution < 1.29 is 13.2 Å². The zero-order chi connectivity index (χ0) is 25.3. The maximum absolute atomic E-state index is 13.2. The van der Waals surface area contributed by atoms with E-state index in [1.54, 1.807) is 22.6 Å². The molecule has 2 aliphatic rings. The third-order valence-corrected chi connectivity index (χ3v) is 9.03. The topological polar surface area (TPSA) is 105 Å². The Labute approximate surface area is 212 Å². The average molecular weight is 512 g/mol. The SMILES string of the molecule is Cc1cc(Nc2nccc(-c3cnc(C)n3C3CCOCC3)n2)ccc1S(=O)(=O)N1CCN(C)CC1. The number of hydrogen-bond donors (Lipinski definition) is 1. The summed E-state index contributed by atoms with van der Waals surface area (Å²) in [5, 5.41) is 3.24. The molecule has 10 nitrogen and oxygen atoms in total. The first-order valence-corrected chi connectivity index (χ1v) is 13.8. The molecule has 3 aromatic rings. The van der Waals surface area contributed by atoms with Crippen LogP contribution in [0.25, 0.3) is 11.4 Å². The van der Waals surface area contributed by atoms with Crippen LogP contribution in [-0.2, 0) is 14.8 Å². The molecule has 0 bridgehead atoms. The van der Waals surface area contributed by atoms with E-state index in [-0.39, 0.29) is 0 Å². The fraction of sp³-hybridized carbons (Fsp3) is 0.480. The second-order valence-corrected chi connectivity index (χ2v) is 11.4. The molecular weight excluding hydrogens is 478 g/mol. The quantitative estimate of drug-likeness (QED) is 0.539. The first kappa shape index (κ1) is 24.8. The summed E-state index contributed by atoms with van der Waals surface area (Å²) in [5.41, 5.74) is 3.15. The number of likely N-dealkylation sites (N-methyl/N-ethyl adjacent to an activating group) is 1. The molecule has 36 heavy (non-hydrogen) atoms. The maximum atomic E-state index is 13.2. The average Bonchev–Trinajstić information content (AvgIpc) is 3.26. The summed E-state index contributed by atoms with van der Waals surface area (Å²) in [7, 11) is -1.53. The Morgan fingerprint density at radius 3 is 2.50 bits per heavy atom. The van der Waals surface area contributed by atoms with Crippen molar-refractivity contribution in [2.45, 2.75) is 37.6 Å². The van der Waals surface area contributed by atoms with Gasteiger partial charge in [-0.2, -0.15) is 4.31 Å². The molecule has 1 aromatic carbocycles. The fourth-order valence-electron chi connectivity index (χ4n) is 4.92. The lowest BCUT2D eigenvalue weighted by Crippen LogP contribution is -2.47. The minimum atomic E-state index is -3.53. The van der Waals surface area contributed by atoms with Crippen LogP contribution in [0.2, 0.25) is 0 Å². The van der Waals surface area contributed by atoms with E-state index in [0.29, 0.717) is 35.5 Å². The maximum Gasteiger partial charge on any atom is 0.243 e. The number of rotatable bonds is 6. The summed E-state index contributed by atoms with van der Waals surface area (Å²) in [6, 6.07) is 7.48. The van der Waals surface area contributed by atoms with Crippen molar-refractivity contribution in [2.75, 3.05) is 51.8 Å². The number of anilines is 2. The van der Waals surface area contributed by atoms with Crippen LogP contribution in [0.5, 0.6) is 0 Å². The van der Waals surface area contributed by atoms with Gasteiger partial charge in [0.2, 0.25) is 16.0 Å². The van der Waals surface area contributed by atoms with Crippen molar-refractivity contribution in [3.05, 3.63) is 48.0 Å². The molecule has 2 aromatic heterocycles. The summed E-state index contributed by atoms with van der Waals surface area (Å²) in [5.74, 6) is 1.40. The number of sulfonamides is 1. The van der Waals surface area contributed by atoms with Gasteiger partial charge in [0.25, 0.3) is 0 Å². The first-order chi connectivity index (χ1) is 17.3. The molecule has 0 aliphatic carbocycles. The van der Waals surface area contributed by atoms with Gasteiger partial charge in [-0.25, -0.2) is 23.4 Å². The second kappa shape index (κ2) is 10.3. The number of benzene rings is 1. The highest BCUT2D eigenvalue weighted by atomic mass is 32.2. The molecule has 192 valence electrons. The van der Waals surface area contributed by atoms with E-state index >= 15 is 0 Å². The van der Waals surface area contributed by atoms with Gasteiger partial charge >= 0.3 is 0 Å². The number of imidazole rings is 1. The van der Waals surface area contributed by atoms with Crippen LogP contribution in [0.3, 0.4) is 0 Å². The van der Waals surface area contributed by atoms with Crippen molar-refractivity contribution in [3.63, 3.8) is 0 Å². The van der Waals surface area contributed by atoms with Gasteiger partial charge in [0, 0.05) is 57.3 Å². The molecule has 2 fully saturated rings. The molecule has 2 aliphatic heterocycles. The zero-order valence-corrected chi connectivity index (χ0v) is 21.8. The number of aryl methyl sites for hydroxylation is 2. The molecule has 0 unspecified atom stereocenters. The monoisotopic (exact) mass is 511 g/mol. The van der Waals surface area contributed by atoms with Gasteiger partial charge in [-0.1, -0.05) is 0 Å². The van der Waals surface area contributed by atoms with Crippen LogP contribution in [0.1, 0.15) is 30.3 Å². The van der Waals surface area contributed by atoms with E-state index in [4.69, 9.17) is 9.72 Å². The predicted molar refractivity (Wildman–Crippen MR) is 138 cm³/mol. The molecule has 0 atom stereocenters. The molecule has 0 radical (unpaired) electrons. The molecule has 11 heteroatoms. The van der Waals surface area contributed by atoms with E-state index in [9.17, 15) is 8.42 Å². The summed E-state index contributed by atoms with van der Waals surface area (Å²) >= 11 is 0. The third kappa shape index (κ3) is 5.01. The van der Waals surface area contributed by atoms with Gasteiger partial charge in [0.15, 0.2) is 0 Å². The third-order valence-electron chi connectivity index (χ3n) is 6.97. The van der Waals surface area contributed by atoms with Crippen molar-refractivity contribution in [1.82, 2.24) is 28.7 Å². The van der Waals surface area contributed by atoms with Crippen LogP contribution in [0, 0.1) is 13.8 Å². The Hall–Kier alpha value is -2.86. The zero-order valence-electron chi connectivity index (χ0n) is 21.0. The lowest BCUT2D eigenvalue weighted by atomic mass is 10.1. The Morgan fingerprint density at radius 1 is 1.03 bits per heavy atom. The van der Waals surface area contributed by atoms with E-state index in [1.165, 1.54) is 0 Å². The molecule has 0 spiro atoms. The highest BCUT2D eigenvalue weighted by Gasteiger charge is 2.29.